The van der Waals surface area contributed by atoms with E-state index in [0.717, 1.165) is 6.42 Å². The van der Waals surface area contributed by atoms with Crippen LogP contribution in [-0.2, 0) is 0 Å². The van der Waals surface area contributed by atoms with Crippen LogP contribution < -0.4 is 0 Å². The predicted octanol–water partition coefficient (Wildman–Crippen LogP) is 1.95. The fourth-order valence-electron chi connectivity index (χ4n) is 2.31. The molecular formula is C11H22O2. The summed E-state index contributed by atoms with van der Waals surface area (Å²) in [6.45, 7) is 2.24. The molecule has 2 atom stereocenters. The van der Waals surface area contributed by atoms with Crippen LogP contribution >= 0.6 is 0 Å². The number of hydrogen-bond acceptors (Lipinski definition) is 2. The predicted molar refractivity (Wildman–Crippen MR) is 53.4 cm³/mol. The number of aliphatic hydroxyl groups excluding tert-OH is 2. The van der Waals surface area contributed by atoms with Gasteiger partial charge in [-0.2, -0.15) is 0 Å². The van der Waals surface area contributed by atoms with E-state index in [4.69, 9.17) is 5.11 Å². The summed E-state index contributed by atoms with van der Waals surface area (Å²) in [4.78, 5) is 0. The van der Waals surface area contributed by atoms with Gasteiger partial charge in [0.2, 0.25) is 0 Å². The first-order valence-corrected chi connectivity index (χ1v) is 5.54. The quantitative estimate of drug-likeness (QED) is 0.704. The second-order valence-corrected chi connectivity index (χ2v) is 4.38. The molecule has 2 N–H and O–H groups in total. The minimum atomic E-state index is -0.188. The van der Waals surface area contributed by atoms with Gasteiger partial charge in [-0.3, -0.25) is 0 Å². The molecule has 1 saturated carbocycles. The molecule has 2 unspecified atom stereocenters. The molecule has 0 saturated heterocycles. The lowest BCUT2D eigenvalue weighted by Crippen LogP contribution is -2.29. The van der Waals surface area contributed by atoms with E-state index in [1.807, 2.05) is 6.92 Å². The first kappa shape index (κ1) is 11.0. The minimum Gasteiger partial charge on any atom is -0.396 e. The van der Waals surface area contributed by atoms with Gasteiger partial charge in [0.15, 0.2) is 0 Å². The largest absolute Gasteiger partial charge is 0.396 e. The van der Waals surface area contributed by atoms with E-state index >= 15 is 0 Å². The molecule has 1 fully saturated rings. The summed E-state index contributed by atoms with van der Waals surface area (Å²) in [5.74, 6) is 0.753. The SMILES string of the molecule is CC(CCO)C(O)C1CCCCC1. The van der Waals surface area contributed by atoms with Crippen LogP contribution in [0.25, 0.3) is 0 Å². The zero-order chi connectivity index (χ0) is 9.68. The number of rotatable bonds is 4. The molecule has 0 aliphatic heterocycles. The highest BCUT2D eigenvalue weighted by Crippen LogP contribution is 2.30. The number of aliphatic hydroxyl groups is 2. The zero-order valence-corrected chi connectivity index (χ0v) is 8.58. The first-order valence-electron chi connectivity index (χ1n) is 5.54. The molecule has 78 valence electrons. The van der Waals surface area contributed by atoms with E-state index in [2.05, 4.69) is 0 Å². The maximum atomic E-state index is 9.96. The first-order chi connectivity index (χ1) is 6.25. The summed E-state index contributed by atoms with van der Waals surface area (Å²) in [5, 5.41) is 18.7. The Kier molecular flexibility index (Phi) is 4.74. The Morgan fingerprint density at radius 2 is 1.85 bits per heavy atom. The highest BCUT2D eigenvalue weighted by atomic mass is 16.3. The lowest BCUT2D eigenvalue weighted by Gasteiger charge is -2.30. The average molecular weight is 186 g/mol. The van der Waals surface area contributed by atoms with Crippen molar-refractivity contribution in [2.45, 2.75) is 51.6 Å². The van der Waals surface area contributed by atoms with Crippen molar-refractivity contribution in [1.29, 1.82) is 0 Å². The fraction of sp³-hybridized carbons (Fsp3) is 1.00. The van der Waals surface area contributed by atoms with Crippen LogP contribution in [0.5, 0.6) is 0 Å². The Hall–Kier alpha value is -0.0800. The average Bonchev–Trinajstić information content (AvgIpc) is 2.18. The Morgan fingerprint density at radius 3 is 2.38 bits per heavy atom. The van der Waals surface area contributed by atoms with Crippen molar-refractivity contribution in [2.24, 2.45) is 11.8 Å². The van der Waals surface area contributed by atoms with Gasteiger partial charge in [0.25, 0.3) is 0 Å². The Labute approximate surface area is 81.0 Å². The summed E-state index contributed by atoms with van der Waals surface area (Å²) >= 11 is 0. The van der Waals surface area contributed by atoms with Gasteiger partial charge in [0, 0.05) is 6.61 Å². The van der Waals surface area contributed by atoms with Crippen molar-refractivity contribution in [3.63, 3.8) is 0 Å². The molecule has 1 rings (SSSR count). The Morgan fingerprint density at radius 1 is 1.23 bits per heavy atom. The molecule has 2 nitrogen and oxygen atoms in total. The standard InChI is InChI=1S/C11H22O2/c1-9(7-8-12)11(13)10-5-3-2-4-6-10/h9-13H,2-8H2,1H3. The van der Waals surface area contributed by atoms with Gasteiger partial charge in [-0.25, -0.2) is 0 Å². The Bertz CT molecular complexity index is 130. The van der Waals surface area contributed by atoms with Crippen molar-refractivity contribution in [2.75, 3.05) is 6.61 Å². The maximum absolute atomic E-state index is 9.96. The topological polar surface area (TPSA) is 40.5 Å². The molecule has 0 heterocycles. The molecule has 0 aromatic rings. The minimum absolute atomic E-state index is 0.188. The smallest absolute Gasteiger partial charge is 0.0594 e. The molecule has 1 aliphatic carbocycles. The van der Waals surface area contributed by atoms with E-state index in [9.17, 15) is 5.11 Å². The zero-order valence-electron chi connectivity index (χ0n) is 8.58. The third kappa shape index (κ3) is 3.28. The van der Waals surface area contributed by atoms with Crippen LogP contribution in [0.15, 0.2) is 0 Å². The van der Waals surface area contributed by atoms with Crippen molar-refractivity contribution in [3.8, 4) is 0 Å². The van der Waals surface area contributed by atoms with Crippen LogP contribution in [0.1, 0.15) is 45.4 Å². The molecule has 0 amide bonds. The highest BCUT2D eigenvalue weighted by Gasteiger charge is 2.25. The third-order valence-corrected chi connectivity index (χ3v) is 3.30. The second kappa shape index (κ2) is 5.61. The van der Waals surface area contributed by atoms with Crippen molar-refractivity contribution >= 4 is 0 Å². The summed E-state index contributed by atoms with van der Waals surface area (Å²) in [5.41, 5.74) is 0. The lowest BCUT2D eigenvalue weighted by molar-refractivity contribution is 0.0304. The molecule has 0 radical (unpaired) electrons. The van der Waals surface area contributed by atoms with E-state index in [1.165, 1.54) is 32.1 Å². The van der Waals surface area contributed by atoms with Crippen LogP contribution in [0, 0.1) is 11.8 Å². The molecular weight excluding hydrogens is 164 g/mol. The van der Waals surface area contributed by atoms with Crippen molar-refractivity contribution < 1.29 is 10.2 Å². The van der Waals surface area contributed by atoms with Crippen LogP contribution in [0.4, 0.5) is 0 Å². The molecule has 1 aliphatic rings. The van der Waals surface area contributed by atoms with Crippen LogP contribution in [0.2, 0.25) is 0 Å². The normalized spacial score (nSPS) is 24.2. The monoisotopic (exact) mass is 186 g/mol. The molecule has 2 heteroatoms. The van der Waals surface area contributed by atoms with Gasteiger partial charge in [0.1, 0.15) is 0 Å². The Balaban J connectivity index is 2.31. The molecule has 13 heavy (non-hydrogen) atoms. The van der Waals surface area contributed by atoms with E-state index in [1.54, 1.807) is 0 Å². The van der Waals surface area contributed by atoms with Crippen molar-refractivity contribution in [3.05, 3.63) is 0 Å². The highest BCUT2D eigenvalue weighted by molar-refractivity contribution is 4.76. The summed E-state index contributed by atoms with van der Waals surface area (Å²) in [7, 11) is 0. The van der Waals surface area contributed by atoms with E-state index in [-0.39, 0.29) is 18.6 Å². The van der Waals surface area contributed by atoms with Gasteiger partial charge in [-0.15, -0.1) is 0 Å². The van der Waals surface area contributed by atoms with Crippen LogP contribution in [0.3, 0.4) is 0 Å². The maximum Gasteiger partial charge on any atom is 0.0594 e. The van der Waals surface area contributed by atoms with Crippen molar-refractivity contribution in [1.82, 2.24) is 0 Å². The molecule has 0 spiro atoms. The van der Waals surface area contributed by atoms with Gasteiger partial charge in [-0.1, -0.05) is 26.2 Å². The van der Waals surface area contributed by atoms with E-state index < -0.39 is 0 Å². The molecule has 0 aromatic heterocycles. The van der Waals surface area contributed by atoms with Gasteiger partial charge in [-0.05, 0) is 31.1 Å². The third-order valence-electron chi connectivity index (χ3n) is 3.30. The van der Waals surface area contributed by atoms with Gasteiger partial charge >= 0.3 is 0 Å². The van der Waals surface area contributed by atoms with Gasteiger partial charge in [0.05, 0.1) is 6.10 Å². The van der Waals surface area contributed by atoms with Gasteiger partial charge < -0.3 is 10.2 Å². The molecule has 0 bridgehead atoms. The summed E-state index contributed by atoms with van der Waals surface area (Å²) in [6.07, 6.45) is 6.78. The summed E-state index contributed by atoms with van der Waals surface area (Å²) in [6, 6.07) is 0. The van der Waals surface area contributed by atoms with E-state index in [0.29, 0.717) is 5.92 Å². The summed E-state index contributed by atoms with van der Waals surface area (Å²) < 4.78 is 0. The van der Waals surface area contributed by atoms with Crippen LogP contribution in [-0.4, -0.2) is 22.9 Å². The second-order valence-electron chi connectivity index (χ2n) is 4.38. The molecule has 0 aromatic carbocycles. The fourth-order valence-corrected chi connectivity index (χ4v) is 2.31. The lowest BCUT2D eigenvalue weighted by atomic mass is 9.80. The number of hydrogen-bond donors (Lipinski definition) is 2.